The van der Waals surface area contributed by atoms with E-state index in [-0.39, 0.29) is 0 Å². The monoisotopic (exact) mass is 487 g/mol. The second kappa shape index (κ2) is 12.3. The Morgan fingerprint density at radius 3 is 1.76 bits per heavy atom. The van der Waals surface area contributed by atoms with Crippen LogP contribution in [0.4, 0.5) is 11.4 Å². The fourth-order valence-corrected chi connectivity index (χ4v) is 5.46. The van der Waals surface area contributed by atoms with Crippen LogP contribution in [-0.2, 0) is 25.7 Å². The van der Waals surface area contributed by atoms with Gasteiger partial charge in [-0.15, -0.1) is 0 Å². The summed E-state index contributed by atoms with van der Waals surface area (Å²) in [7, 11) is 2.17. The smallest absolute Gasteiger partial charge is 0.0410 e. The van der Waals surface area contributed by atoms with E-state index in [9.17, 15) is 0 Å². The Bertz CT molecular complexity index is 1280. The highest BCUT2D eigenvalue weighted by atomic mass is 15.1. The Labute approximate surface area is 224 Å². The van der Waals surface area contributed by atoms with Gasteiger partial charge in [-0.3, -0.25) is 0 Å². The van der Waals surface area contributed by atoms with E-state index < -0.39 is 0 Å². The van der Waals surface area contributed by atoms with Gasteiger partial charge in [-0.05, 0) is 103 Å². The summed E-state index contributed by atoms with van der Waals surface area (Å²) >= 11 is 0. The molecule has 0 aromatic heterocycles. The lowest BCUT2D eigenvalue weighted by atomic mass is 9.86. The first-order valence-corrected chi connectivity index (χ1v) is 14.3. The Balaban J connectivity index is 1.03. The molecule has 4 aromatic carbocycles. The van der Waals surface area contributed by atoms with Crippen molar-refractivity contribution in [1.82, 2.24) is 0 Å². The largest absolute Gasteiger partial charge is 0.345 e. The van der Waals surface area contributed by atoms with Crippen LogP contribution in [0.15, 0.2) is 91.0 Å². The van der Waals surface area contributed by atoms with E-state index in [0.717, 1.165) is 0 Å². The van der Waals surface area contributed by atoms with Crippen molar-refractivity contribution in [2.24, 2.45) is 0 Å². The first-order chi connectivity index (χ1) is 18.2. The van der Waals surface area contributed by atoms with Gasteiger partial charge in [0.05, 0.1) is 0 Å². The molecule has 0 unspecified atom stereocenters. The molecular weight excluding hydrogens is 446 g/mol. The maximum absolute atomic E-state index is 2.45. The van der Waals surface area contributed by atoms with Crippen LogP contribution in [0.2, 0.25) is 0 Å². The molecule has 0 radical (unpaired) electrons. The van der Waals surface area contributed by atoms with Crippen molar-refractivity contribution in [3.05, 3.63) is 119 Å². The second-order valence-electron chi connectivity index (χ2n) is 10.9. The zero-order chi connectivity index (χ0) is 25.5. The van der Waals surface area contributed by atoms with Crippen molar-refractivity contribution >= 4 is 11.4 Å². The van der Waals surface area contributed by atoms with Gasteiger partial charge in [0.2, 0.25) is 0 Å². The summed E-state index contributed by atoms with van der Waals surface area (Å²) in [5.74, 6) is 0. The third-order valence-electron chi connectivity index (χ3n) is 8.05. The molecule has 0 aliphatic heterocycles. The highest BCUT2D eigenvalue weighted by Crippen LogP contribution is 2.28. The van der Waals surface area contributed by atoms with Gasteiger partial charge in [0, 0.05) is 18.4 Å². The van der Waals surface area contributed by atoms with E-state index >= 15 is 0 Å². The van der Waals surface area contributed by atoms with Crippen LogP contribution in [-0.4, -0.2) is 7.05 Å². The van der Waals surface area contributed by atoms with Gasteiger partial charge >= 0.3 is 0 Å². The first kappa shape index (κ1) is 25.3. The van der Waals surface area contributed by atoms with Crippen molar-refractivity contribution in [3.8, 4) is 11.1 Å². The number of anilines is 2. The summed E-state index contributed by atoms with van der Waals surface area (Å²) in [6.07, 6.45) is 13.0. The molecule has 0 amide bonds. The maximum Gasteiger partial charge on any atom is 0.0410 e. The van der Waals surface area contributed by atoms with Crippen LogP contribution < -0.4 is 4.90 Å². The minimum absolute atomic E-state index is 1.17. The molecule has 1 aliphatic rings. The van der Waals surface area contributed by atoms with Gasteiger partial charge in [0.1, 0.15) is 0 Å². The number of fused-ring (bicyclic) bond motifs is 1. The van der Waals surface area contributed by atoms with E-state index in [4.69, 9.17) is 0 Å². The van der Waals surface area contributed by atoms with E-state index in [1.165, 1.54) is 97.8 Å². The third kappa shape index (κ3) is 6.72. The van der Waals surface area contributed by atoms with Crippen LogP contribution in [0.25, 0.3) is 11.1 Å². The SMILES string of the molecule is Cc1ccc(-c2ccc(N(C)c3cccc(CCCCCCCCc4ccc5c(c4)CC5)c3)cc2)cc1. The van der Waals surface area contributed by atoms with Crippen LogP contribution in [0.1, 0.15) is 66.3 Å². The van der Waals surface area contributed by atoms with Crippen LogP contribution in [0.3, 0.4) is 0 Å². The molecule has 0 spiro atoms. The molecule has 1 nitrogen and oxygen atoms in total. The lowest BCUT2D eigenvalue weighted by Crippen LogP contribution is -2.09. The van der Waals surface area contributed by atoms with E-state index in [0.29, 0.717) is 0 Å². The summed E-state index contributed by atoms with van der Waals surface area (Å²) in [6.45, 7) is 2.13. The zero-order valence-corrected chi connectivity index (χ0v) is 22.7. The Hall–Kier alpha value is -3.32. The number of hydrogen-bond acceptors (Lipinski definition) is 1. The molecule has 0 fully saturated rings. The van der Waals surface area contributed by atoms with Crippen molar-refractivity contribution in [1.29, 1.82) is 0 Å². The van der Waals surface area contributed by atoms with Gasteiger partial charge in [-0.25, -0.2) is 0 Å². The van der Waals surface area contributed by atoms with Gasteiger partial charge in [0.15, 0.2) is 0 Å². The van der Waals surface area contributed by atoms with E-state index in [1.54, 1.807) is 16.7 Å². The molecule has 4 aromatic rings. The summed E-state index contributed by atoms with van der Waals surface area (Å²) in [4.78, 5) is 2.29. The minimum Gasteiger partial charge on any atom is -0.345 e. The normalized spacial score (nSPS) is 12.2. The highest BCUT2D eigenvalue weighted by molar-refractivity contribution is 5.69. The fourth-order valence-electron chi connectivity index (χ4n) is 5.46. The van der Waals surface area contributed by atoms with E-state index in [1.807, 2.05) is 0 Å². The number of benzene rings is 4. The second-order valence-corrected chi connectivity index (χ2v) is 10.9. The lowest BCUT2D eigenvalue weighted by molar-refractivity contribution is 0.593. The van der Waals surface area contributed by atoms with Crippen molar-refractivity contribution < 1.29 is 0 Å². The van der Waals surface area contributed by atoms with Crippen LogP contribution in [0.5, 0.6) is 0 Å². The summed E-state index contributed by atoms with van der Waals surface area (Å²) in [5, 5.41) is 0. The Morgan fingerprint density at radius 1 is 0.541 bits per heavy atom. The molecule has 0 saturated heterocycles. The molecule has 37 heavy (non-hydrogen) atoms. The van der Waals surface area contributed by atoms with Crippen molar-refractivity contribution in [2.45, 2.75) is 71.1 Å². The number of rotatable bonds is 12. The number of aryl methyl sites for hydroxylation is 5. The summed E-state index contributed by atoms with van der Waals surface area (Å²) in [6, 6.07) is 33.9. The maximum atomic E-state index is 2.45. The molecular formula is C36H41N. The third-order valence-corrected chi connectivity index (χ3v) is 8.05. The average Bonchev–Trinajstić information content (AvgIpc) is 2.92. The number of hydrogen-bond donors (Lipinski definition) is 0. The summed E-state index contributed by atoms with van der Waals surface area (Å²) in [5.41, 5.74) is 12.5. The van der Waals surface area contributed by atoms with Gasteiger partial charge in [0.25, 0.3) is 0 Å². The minimum atomic E-state index is 1.17. The van der Waals surface area contributed by atoms with Crippen LogP contribution in [0, 0.1) is 6.92 Å². The molecule has 0 N–H and O–H groups in total. The number of nitrogens with zero attached hydrogens (tertiary/aromatic N) is 1. The molecule has 0 heterocycles. The van der Waals surface area contributed by atoms with Crippen molar-refractivity contribution in [3.63, 3.8) is 0 Å². The fraction of sp³-hybridized carbons (Fsp3) is 0.333. The predicted octanol–water partition coefficient (Wildman–Crippen LogP) is 9.65. The Kier molecular flexibility index (Phi) is 8.41. The molecule has 0 atom stereocenters. The van der Waals surface area contributed by atoms with E-state index in [2.05, 4.69) is 110 Å². The van der Waals surface area contributed by atoms with Crippen LogP contribution >= 0.6 is 0 Å². The standard InChI is InChI=1S/C36H41N/c1-28-14-17-31(18-15-28)32-22-24-35(25-23-32)37(2)36-13-9-12-29(27-36)10-7-5-3-4-6-8-11-30-16-19-33-20-21-34(33)26-30/h9,12-19,22-27H,3-8,10-11,20-21H2,1-2H3. The number of unbranched alkanes of at least 4 members (excludes halogenated alkanes) is 5. The van der Waals surface area contributed by atoms with Gasteiger partial charge in [-0.2, -0.15) is 0 Å². The predicted molar refractivity (Wildman–Crippen MR) is 160 cm³/mol. The van der Waals surface area contributed by atoms with Gasteiger partial charge in [-0.1, -0.05) is 98.0 Å². The molecule has 1 heteroatoms. The topological polar surface area (TPSA) is 3.24 Å². The molecule has 0 bridgehead atoms. The van der Waals surface area contributed by atoms with Gasteiger partial charge < -0.3 is 4.90 Å². The lowest BCUT2D eigenvalue weighted by Gasteiger charge is -2.21. The quantitative estimate of drug-likeness (QED) is 0.180. The average molecular weight is 488 g/mol. The van der Waals surface area contributed by atoms with Crippen molar-refractivity contribution in [2.75, 3.05) is 11.9 Å². The summed E-state index contributed by atoms with van der Waals surface area (Å²) < 4.78 is 0. The Morgan fingerprint density at radius 2 is 1.14 bits per heavy atom. The molecule has 190 valence electrons. The molecule has 1 aliphatic carbocycles. The zero-order valence-electron chi connectivity index (χ0n) is 22.7. The molecule has 0 saturated carbocycles. The highest BCUT2D eigenvalue weighted by Gasteiger charge is 2.12. The molecule has 5 rings (SSSR count). The first-order valence-electron chi connectivity index (χ1n) is 14.3.